The van der Waals surface area contributed by atoms with Gasteiger partial charge in [0.05, 0.1) is 11.4 Å². The molecule has 1 fully saturated rings. The van der Waals surface area contributed by atoms with E-state index in [4.69, 9.17) is 5.73 Å². The molecule has 1 aliphatic heterocycles. The largest absolute Gasteiger partial charge is 0.368 e. The Morgan fingerprint density at radius 1 is 1.10 bits per heavy atom. The molecule has 0 saturated carbocycles. The molecule has 0 bridgehead atoms. The second-order valence-electron chi connectivity index (χ2n) is 5.35. The third kappa shape index (κ3) is 2.77. The Labute approximate surface area is 118 Å². The van der Waals surface area contributed by atoms with Crippen molar-refractivity contribution in [1.82, 2.24) is 19.9 Å². The molecule has 0 aliphatic carbocycles. The molecule has 0 amide bonds. The van der Waals surface area contributed by atoms with Crippen LogP contribution in [0.5, 0.6) is 0 Å². The van der Waals surface area contributed by atoms with Crippen LogP contribution in [0.3, 0.4) is 0 Å². The summed E-state index contributed by atoms with van der Waals surface area (Å²) < 4.78 is 0. The second kappa shape index (κ2) is 5.54. The molecule has 2 aromatic heterocycles. The number of hydrogen-bond acceptors (Lipinski definition) is 5. The number of nitrogen functional groups attached to an aromatic ring is 1. The molecule has 5 heteroatoms. The molecule has 0 radical (unpaired) electrons. The third-order valence-electron chi connectivity index (χ3n) is 3.91. The van der Waals surface area contributed by atoms with Gasteiger partial charge in [-0.05, 0) is 56.6 Å². The first-order chi connectivity index (χ1) is 9.72. The summed E-state index contributed by atoms with van der Waals surface area (Å²) in [6.45, 7) is 2.32. The topological polar surface area (TPSA) is 67.9 Å². The highest BCUT2D eigenvalue weighted by Gasteiger charge is 2.18. The van der Waals surface area contributed by atoms with E-state index < -0.39 is 0 Å². The quantitative estimate of drug-likeness (QED) is 0.902. The summed E-state index contributed by atoms with van der Waals surface area (Å²) in [7, 11) is 2.18. The van der Waals surface area contributed by atoms with Crippen molar-refractivity contribution < 1.29 is 0 Å². The van der Waals surface area contributed by atoms with Gasteiger partial charge in [0.25, 0.3) is 0 Å². The molecule has 1 saturated heterocycles. The minimum Gasteiger partial charge on any atom is -0.368 e. The molecule has 3 heterocycles. The number of nitrogens with zero attached hydrogens (tertiary/aromatic N) is 4. The lowest BCUT2D eigenvalue weighted by atomic mass is 9.90. The van der Waals surface area contributed by atoms with Gasteiger partial charge in [-0.15, -0.1) is 0 Å². The third-order valence-corrected chi connectivity index (χ3v) is 3.91. The van der Waals surface area contributed by atoms with Crippen LogP contribution < -0.4 is 5.73 Å². The van der Waals surface area contributed by atoms with Gasteiger partial charge in [-0.25, -0.2) is 9.97 Å². The van der Waals surface area contributed by atoms with Crippen LogP contribution >= 0.6 is 0 Å². The Balaban J connectivity index is 1.78. The van der Waals surface area contributed by atoms with E-state index in [-0.39, 0.29) is 5.95 Å². The van der Waals surface area contributed by atoms with E-state index in [9.17, 15) is 0 Å². The summed E-state index contributed by atoms with van der Waals surface area (Å²) in [6, 6.07) is 6.01. The van der Waals surface area contributed by atoms with Gasteiger partial charge in [0.15, 0.2) is 0 Å². The van der Waals surface area contributed by atoms with E-state index in [0.29, 0.717) is 5.92 Å². The van der Waals surface area contributed by atoms with Crippen LogP contribution in [0.15, 0.2) is 30.6 Å². The highest BCUT2D eigenvalue weighted by molar-refractivity contribution is 5.54. The average molecular weight is 269 g/mol. The smallest absolute Gasteiger partial charge is 0.220 e. The molecule has 20 heavy (non-hydrogen) atoms. The fourth-order valence-electron chi connectivity index (χ4n) is 2.66. The lowest BCUT2D eigenvalue weighted by molar-refractivity contribution is 0.255. The zero-order valence-corrected chi connectivity index (χ0v) is 11.7. The Morgan fingerprint density at radius 3 is 2.55 bits per heavy atom. The molecule has 0 aromatic carbocycles. The summed E-state index contributed by atoms with van der Waals surface area (Å²) in [6.07, 6.45) is 6.05. The van der Waals surface area contributed by atoms with Gasteiger partial charge in [-0.1, -0.05) is 6.07 Å². The minimum atomic E-state index is 0.281. The fourth-order valence-corrected chi connectivity index (χ4v) is 2.66. The van der Waals surface area contributed by atoms with Gasteiger partial charge in [0.1, 0.15) is 0 Å². The maximum Gasteiger partial charge on any atom is 0.220 e. The molecule has 5 nitrogen and oxygen atoms in total. The van der Waals surface area contributed by atoms with Crippen LogP contribution in [0.1, 0.15) is 24.3 Å². The molecule has 104 valence electrons. The number of nitrogens with two attached hydrogens (primary N) is 1. The van der Waals surface area contributed by atoms with E-state index in [2.05, 4.69) is 33.0 Å². The molecular formula is C15H19N5. The fraction of sp³-hybridized carbons (Fsp3) is 0.400. The molecule has 3 rings (SSSR count). The number of aromatic nitrogens is 3. The minimum absolute atomic E-state index is 0.281. The highest BCUT2D eigenvalue weighted by atomic mass is 15.1. The van der Waals surface area contributed by atoms with Gasteiger partial charge >= 0.3 is 0 Å². The van der Waals surface area contributed by atoms with E-state index in [1.807, 2.05) is 18.3 Å². The van der Waals surface area contributed by atoms with Gasteiger partial charge in [0, 0.05) is 12.4 Å². The summed E-state index contributed by atoms with van der Waals surface area (Å²) in [4.78, 5) is 15.0. The first-order valence-corrected chi connectivity index (χ1v) is 6.96. The van der Waals surface area contributed by atoms with Gasteiger partial charge in [-0.3, -0.25) is 4.98 Å². The molecule has 1 aliphatic rings. The summed E-state index contributed by atoms with van der Waals surface area (Å²) in [5.74, 6) is 0.909. The van der Waals surface area contributed by atoms with Gasteiger partial charge < -0.3 is 10.6 Å². The lowest BCUT2D eigenvalue weighted by Gasteiger charge is -2.29. The first kappa shape index (κ1) is 13.0. The molecule has 0 unspecified atom stereocenters. The van der Waals surface area contributed by atoms with Crippen LogP contribution in [0, 0.1) is 0 Å². The second-order valence-corrected chi connectivity index (χ2v) is 5.35. The highest BCUT2D eigenvalue weighted by Crippen LogP contribution is 2.27. The van der Waals surface area contributed by atoms with E-state index >= 15 is 0 Å². The molecule has 0 spiro atoms. The van der Waals surface area contributed by atoms with Crippen molar-refractivity contribution in [2.45, 2.75) is 18.8 Å². The number of rotatable bonds is 2. The normalized spacial score (nSPS) is 17.2. The molecular weight excluding hydrogens is 250 g/mol. The Kier molecular flexibility index (Phi) is 3.60. The van der Waals surface area contributed by atoms with E-state index in [1.165, 1.54) is 18.4 Å². The predicted molar refractivity (Wildman–Crippen MR) is 79.1 cm³/mol. The number of anilines is 1. The van der Waals surface area contributed by atoms with Gasteiger partial charge in [0.2, 0.25) is 5.95 Å². The number of pyridine rings is 1. The SMILES string of the molecule is CN1CCC(c2ccc(-c3ccnc(N)n3)nc2)CC1. The number of hydrogen-bond donors (Lipinski definition) is 1. The average Bonchev–Trinajstić information content (AvgIpc) is 2.48. The van der Waals surface area contributed by atoms with Crippen molar-refractivity contribution in [3.8, 4) is 11.4 Å². The molecule has 0 atom stereocenters. The number of likely N-dealkylation sites (tertiary alicyclic amines) is 1. The molecule has 2 N–H and O–H groups in total. The standard InChI is InChI=1S/C15H19N5/c1-20-8-5-11(6-9-20)12-2-3-13(18-10-12)14-4-7-17-15(16)19-14/h2-4,7,10-11H,5-6,8-9H2,1H3,(H2,16,17,19). The van der Waals surface area contributed by atoms with Crippen LogP contribution in [-0.2, 0) is 0 Å². The number of piperidine rings is 1. The Hall–Kier alpha value is -2.01. The van der Waals surface area contributed by atoms with Crippen molar-refractivity contribution in [2.24, 2.45) is 0 Å². The zero-order chi connectivity index (χ0) is 13.9. The van der Waals surface area contributed by atoms with Crippen molar-refractivity contribution in [3.05, 3.63) is 36.2 Å². The maximum atomic E-state index is 5.60. The van der Waals surface area contributed by atoms with Crippen LogP contribution in [-0.4, -0.2) is 40.0 Å². The van der Waals surface area contributed by atoms with Gasteiger partial charge in [-0.2, -0.15) is 0 Å². The summed E-state index contributed by atoms with van der Waals surface area (Å²) in [5, 5.41) is 0. The first-order valence-electron chi connectivity index (χ1n) is 6.96. The van der Waals surface area contributed by atoms with Crippen molar-refractivity contribution in [1.29, 1.82) is 0 Å². The Morgan fingerprint density at radius 2 is 1.90 bits per heavy atom. The summed E-state index contributed by atoms with van der Waals surface area (Å²) in [5.41, 5.74) is 8.54. The van der Waals surface area contributed by atoms with Crippen LogP contribution in [0.2, 0.25) is 0 Å². The van der Waals surface area contributed by atoms with Crippen molar-refractivity contribution in [3.63, 3.8) is 0 Å². The van der Waals surface area contributed by atoms with Crippen molar-refractivity contribution in [2.75, 3.05) is 25.9 Å². The van der Waals surface area contributed by atoms with Crippen LogP contribution in [0.4, 0.5) is 5.95 Å². The van der Waals surface area contributed by atoms with E-state index in [1.54, 1.807) is 6.20 Å². The zero-order valence-electron chi connectivity index (χ0n) is 11.7. The predicted octanol–water partition coefficient (Wildman–Crippen LogP) is 1.93. The van der Waals surface area contributed by atoms with E-state index in [0.717, 1.165) is 24.5 Å². The Bertz CT molecular complexity index is 573. The van der Waals surface area contributed by atoms with Crippen molar-refractivity contribution >= 4 is 5.95 Å². The molecule has 2 aromatic rings. The van der Waals surface area contributed by atoms with Crippen LogP contribution in [0.25, 0.3) is 11.4 Å². The maximum absolute atomic E-state index is 5.60. The monoisotopic (exact) mass is 269 g/mol. The summed E-state index contributed by atoms with van der Waals surface area (Å²) >= 11 is 0. The lowest BCUT2D eigenvalue weighted by Crippen LogP contribution is -2.29.